The maximum Gasteiger partial charge on any atom is 0.261 e. The number of rotatable bonds is 4. The maximum atomic E-state index is 12.5. The van der Waals surface area contributed by atoms with Crippen LogP contribution < -0.4 is 5.32 Å². The van der Waals surface area contributed by atoms with E-state index in [1.165, 1.54) is 16.9 Å². The highest BCUT2D eigenvalue weighted by molar-refractivity contribution is 7.14. The molecule has 1 amide bonds. The second-order valence-corrected chi connectivity index (χ2v) is 8.72. The molecular weight excluding hydrogens is 320 g/mol. The zero-order valence-corrected chi connectivity index (χ0v) is 15.7. The standard InChI is InChI=1S/C18H26N4OS/c1-5-22-11-20-21-16(22)10-19-17(23)15-9-12-8-13(18(2,3)4)6-7-14(12)24-15/h9,11,13H,5-8,10H2,1-4H3,(H,19,23)/t13-/m1/s1. The molecule has 5 nitrogen and oxygen atoms in total. The molecule has 0 aliphatic heterocycles. The number of aromatic nitrogens is 3. The molecule has 0 saturated carbocycles. The summed E-state index contributed by atoms with van der Waals surface area (Å²) in [5, 5.41) is 10.9. The predicted octanol–water partition coefficient (Wildman–Crippen LogP) is 3.44. The van der Waals surface area contributed by atoms with Gasteiger partial charge in [0.05, 0.1) is 11.4 Å². The van der Waals surface area contributed by atoms with E-state index in [0.29, 0.717) is 17.9 Å². The van der Waals surface area contributed by atoms with Gasteiger partial charge in [0.15, 0.2) is 5.82 Å². The molecule has 130 valence electrons. The molecule has 1 aliphatic carbocycles. The average molecular weight is 347 g/mol. The van der Waals surface area contributed by atoms with Crippen molar-refractivity contribution in [1.82, 2.24) is 20.1 Å². The van der Waals surface area contributed by atoms with Crippen LogP contribution in [0.1, 0.15) is 60.1 Å². The lowest BCUT2D eigenvalue weighted by molar-refractivity contribution is 0.0953. The summed E-state index contributed by atoms with van der Waals surface area (Å²) >= 11 is 1.65. The van der Waals surface area contributed by atoms with E-state index in [9.17, 15) is 4.79 Å². The average Bonchev–Trinajstić information content (AvgIpc) is 3.16. The van der Waals surface area contributed by atoms with Gasteiger partial charge in [0.25, 0.3) is 5.91 Å². The summed E-state index contributed by atoms with van der Waals surface area (Å²) in [6.07, 6.45) is 5.10. The molecule has 2 heterocycles. The van der Waals surface area contributed by atoms with E-state index < -0.39 is 0 Å². The Labute approximate surface area is 147 Å². The second kappa shape index (κ2) is 6.67. The predicted molar refractivity (Wildman–Crippen MR) is 96.2 cm³/mol. The third-order valence-corrected chi connectivity index (χ3v) is 6.21. The molecule has 6 heteroatoms. The summed E-state index contributed by atoms with van der Waals surface area (Å²) in [5.74, 6) is 1.48. The van der Waals surface area contributed by atoms with E-state index in [2.05, 4.69) is 42.4 Å². The van der Waals surface area contributed by atoms with Gasteiger partial charge < -0.3 is 9.88 Å². The van der Waals surface area contributed by atoms with Crippen molar-refractivity contribution in [2.45, 2.75) is 60.0 Å². The third-order valence-electron chi connectivity index (χ3n) is 4.97. The molecule has 0 fully saturated rings. The Morgan fingerprint density at radius 3 is 2.96 bits per heavy atom. The summed E-state index contributed by atoms with van der Waals surface area (Å²) < 4.78 is 1.94. The summed E-state index contributed by atoms with van der Waals surface area (Å²) in [6, 6.07) is 2.10. The summed E-state index contributed by atoms with van der Waals surface area (Å²) in [4.78, 5) is 14.7. The molecule has 1 N–H and O–H groups in total. The van der Waals surface area contributed by atoms with Crippen molar-refractivity contribution in [2.75, 3.05) is 0 Å². The van der Waals surface area contributed by atoms with Crippen LogP contribution in [-0.4, -0.2) is 20.7 Å². The van der Waals surface area contributed by atoms with Crippen LogP contribution in [0.3, 0.4) is 0 Å². The van der Waals surface area contributed by atoms with Crippen LogP contribution in [0.5, 0.6) is 0 Å². The molecule has 0 bridgehead atoms. The fourth-order valence-electron chi connectivity index (χ4n) is 3.30. The van der Waals surface area contributed by atoms with Crippen molar-refractivity contribution in [3.63, 3.8) is 0 Å². The topological polar surface area (TPSA) is 59.8 Å². The summed E-state index contributed by atoms with van der Waals surface area (Å²) in [6.45, 7) is 10.2. The van der Waals surface area contributed by atoms with Crippen molar-refractivity contribution in [3.8, 4) is 0 Å². The first-order valence-electron chi connectivity index (χ1n) is 8.65. The SMILES string of the molecule is CCn1cnnc1CNC(=O)c1cc2c(s1)CC[C@@H](C(C)(C)C)C2. The Balaban J connectivity index is 1.66. The van der Waals surface area contributed by atoms with Crippen LogP contribution in [0.4, 0.5) is 0 Å². The number of aryl methyl sites for hydroxylation is 2. The van der Waals surface area contributed by atoms with Gasteiger partial charge in [-0.3, -0.25) is 4.79 Å². The largest absolute Gasteiger partial charge is 0.344 e. The number of amides is 1. The van der Waals surface area contributed by atoms with Gasteiger partial charge in [-0.1, -0.05) is 20.8 Å². The number of thiophene rings is 1. The third kappa shape index (κ3) is 3.53. The Morgan fingerprint density at radius 2 is 2.25 bits per heavy atom. The molecule has 3 rings (SSSR count). The van der Waals surface area contributed by atoms with Gasteiger partial charge in [-0.2, -0.15) is 0 Å². The Kier molecular flexibility index (Phi) is 4.76. The number of nitrogens with zero attached hydrogens (tertiary/aromatic N) is 3. The summed E-state index contributed by atoms with van der Waals surface area (Å²) in [5.41, 5.74) is 1.69. The quantitative estimate of drug-likeness (QED) is 0.922. The number of carbonyl (C=O) groups excluding carboxylic acids is 1. The fourth-order valence-corrected chi connectivity index (χ4v) is 4.43. The Morgan fingerprint density at radius 1 is 1.46 bits per heavy atom. The lowest BCUT2D eigenvalue weighted by Gasteiger charge is -2.33. The fraction of sp³-hybridized carbons (Fsp3) is 0.611. The lowest BCUT2D eigenvalue weighted by Crippen LogP contribution is -2.26. The van der Waals surface area contributed by atoms with Crippen molar-refractivity contribution >= 4 is 17.2 Å². The molecule has 0 aromatic carbocycles. The lowest BCUT2D eigenvalue weighted by atomic mass is 9.72. The van der Waals surface area contributed by atoms with Gasteiger partial charge in [0.2, 0.25) is 0 Å². The minimum atomic E-state index is -0.00707. The van der Waals surface area contributed by atoms with E-state index in [0.717, 1.165) is 30.1 Å². The van der Waals surface area contributed by atoms with Crippen LogP contribution in [0, 0.1) is 11.3 Å². The van der Waals surface area contributed by atoms with Crippen LogP contribution >= 0.6 is 11.3 Å². The van der Waals surface area contributed by atoms with Crippen LogP contribution in [0.2, 0.25) is 0 Å². The first-order valence-corrected chi connectivity index (χ1v) is 9.46. The van der Waals surface area contributed by atoms with Crippen molar-refractivity contribution in [3.05, 3.63) is 33.5 Å². The van der Waals surface area contributed by atoms with Crippen molar-refractivity contribution < 1.29 is 4.79 Å². The van der Waals surface area contributed by atoms with E-state index in [1.54, 1.807) is 17.7 Å². The minimum absolute atomic E-state index is 0.00707. The molecule has 0 spiro atoms. The molecule has 0 unspecified atom stereocenters. The van der Waals surface area contributed by atoms with Crippen LogP contribution in [0.15, 0.2) is 12.4 Å². The highest BCUT2D eigenvalue weighted by Gasteiger charge is 2.30. The van der Waals surface area contributed by atoms with E-state index in [-0.39, 0.29) is 5.91 Å². The first kappa shape index (κ1) is 17.1. The van der Waals surface area contributed by atoms with Gasteiger partial charge >= 0.3 is 0 Å². The van der Waals surface area contributed by atoms with Gasteiger partial charge in [0, 0.05) is 11.4 Å². The highest BCUT2D eigenvalue weighted by Crippen LogP contribution is 2.40. The molecule has 2 aromatic rings. The molecular formula is C18H26N4OS. The van der Waals surface area contributed by atoms with Crippen LogP contribution in [-0.2, 0) is 25.9 Å². The zero-order valence-electron chi connectivity index (χ0n) is 14.9. The maximum absolute atomic E-state index is 12.5. The molecule has 24 heavy (non-hydrogen) atoms. The zero-order chi connectivity index (χ0) is 17.3. The smallest absolute Gasteiger partial charge is 0.261 e. The summed E-state index contributed by atoms with van der Waals surface area (Å²) in [7, 11) is 0. The number of carbonyl (C=O) groups is 1. The van der Waals surface area contributed by atoms with E-state index in [4.69, 9.17) is 0 Å². The molecule has 1 aliphatic rings. The first-order chi connectivity index (χ1) is 11.4. The number of hydrogen-bond acceptors (Lipinski definition) is 4. The van der Waals surface area contributed by atoms with E-state index in [1.807, 2.05) is 11.5 Å². The Bertz CT molecular complexity index is 726. The van der Waals surface area contributed by atoms with Crippen molar-refractivity contribution in [2.24, 2.45) is 11.3 Å². The molecule has 0 radical (unpaired) electrons. The molecule has 1 atom stereocenters. The monoisotopic (exact) mass is 346 g/mol. The highest BCUT2D eigenvalue weighted by atomic mass is 32.1. The van der Waals surface area contributed by atoms with Crippen LogP contribution in [0.25, 0.3) is 0 Å². The van der Waals surface area contributed by atoms with Gasteiger partial charge in [-0.05, 0) is 49.1 Å². The van der Waals surface area contributed by atoms with Gasteiger partial charge in [0.1, 0.15) is 6.33 Å². The van der Waals surface area contributed by atoms with Gasteiger partial charge in [-0.15, -0.1) is 21.5 Å². The number of fused-ring (bicyclic) bond motifs is 1. The second-order valence-electron chi connectivity index (χ2n) is 7.58. The molecule has 0 saturated heterocycles. The van der Waals surface area contributed by atoms with Crippen molar-refractivity contribution in [1.29, 1.82) is 0 Å². The Hall–Kier alpha value is -1.69. The van der Waals surface area contributed by atoms with Gasteiger partial charge in [-0.25, -0.2) is 0 Å². The molecule has 2 aromatic heterocycles. The number of nitrogens with one attached hydrogen (secondary N) is 1. The normalized spacial score (nSPS) is 17.6. The number of hydrogen-bond donors (Lipinski definition) is 1. The van der Waals surface area contributed by atoms with E-state index >= 15 is 0 Å². The minimum Gasteiger partial charge on any atom is -0.344 e.